The van der Waals surface area contributed by atoms with Gasteiger partial charge in [-0.1, -0.05) is 6.07 Å². The number of pyridine rings is 1. The first kappa shape index (κ1) is 11.1. The fourth-order valence-corrected chi connectivity index (χ4v) is 2.24. The van der Waals surface area contributed by atoms with Crippen molar-refractivity contribution >= 4 is 17.0 Å². The highest BCUT2D eigenvalue weighted by atomic mass is 32.1. The summed E-state index contributed by atoms with van der Waals surface area (Å²) in [5, 5.41) is 5.45. The lowest BCUT2D eigenvalue weighted by Gasteiger charge is -2.13. The largest absolute Gasteiger partial charge is 0.398 e. The Morgan fingerprint density at radius 3 is 3.00 bits per heavy atom. The number of aromatic nitrogens is 1. The Balaban J connectivity index is 1.94. The van der Waals surface area contributed by atoms with Gasteiger partial charge in [0.1, 0.15) is 0 Å². The molecule has 2 aromatic heterocycles. The summed E-state index contributed by atoms with van der Waals surface area (Å²) in [6, 6.07) is 6.25. The van der Waals surface area contributed by atoms with Gasteiger partial charge in [0.15, 0.2) is 0 Å². The molecule has 0 aliphatic rings. The van der Waals surface area contributed by atoms with Gasteiger partial charge in [-0.3, -0.25) is 4.98 Å². The highest BCUT2D eigenvalue weighted by molar-refractivity contribution is 7.10. The molecule has 0 aliphatic carbocycles. The van der Waals surface area contributed by atoms with Gasteiger partial charge in [-0.2, -0.15) is 0 Å². The van der Waals surface area contributed by atoms with Crippen molar-refractivity contribution in [1.29, 1.82) is 0 Å². The molecular weight excluding hydrogens is 218 g/mol. The van der Waals surface area contributed by atoms with Crippen molar-refractivity contribution in [2.75, 3.05) is 5.73 Å². The van der Waals surface area contributed by atoms with Gasteiger partial charge < -0.3 is 11.1 Å². The second-order valence-corrected chi connectivity index (χ2v) is 4.69. The Hall–Kier alpha value is -1.39. The fourth-order valence-electron chi connectivity index (χ4n) is 1.49. The quantitative estimate of drug-likeness (QED) is 0.853. The number of anilines is 1. The molecule has 0 unspecified atom stereocenters. The van der Waals surface area contributed by atoms with Crippen molar-refractivity contribution < 1.29 is 0 Å². The summed E-state index contributed by atoms with van der Waals surface area (Å²) < 4.78 is 0. The maximum Gasteiger partial charge on any atom is 0.0468 e. The first-order valence-electron chi connectivity index (χ1n) is 5.22. The zero-order valence-electron chi connectivity index (χ0n) is 9.18. The number of nitrogens with two attached hydrogens (primary N) is 1. The minimum absolute atomic E-state index is 0.287. The van der Waals surface area contributed by atoms with E-state index in [4.69, 9.17) is 5.73 Å². The van der Waals surface area contributed by atoms with Crippen molar-refractivity contribution in [1.82, 2.24) is 10.3 Å². The molecule has 1 atom stereocenters. The van der Waals surface area contributed by atoms with Crippen LogP contribution in [0.4, 0.5) is 5.69 Å². The zero-order valence-corrected chi connectivity index (χ0v) is 10.00. The summed E-state index contributed by atoms with van der Waals surface area (Å²) in [6.45, 7) is 2.93. The monoisotopic (exact) mass is 233 g/mol. The first-order chi connectivity index (χ1) is 7.77. The molecule has 3 N–H and O–H groups in total. The fraction of sp³-hybridized carbons (Fsp3) is 0.250. The predicted molar refractivity (Wildman–Crippen MR) is 68.2 cm³/mol. The molecule has 3 nitrogen and oxygen atoms in total. The Bertz CT molecular complexity index is 439. The number of hydrogen-bond donors (Lipinski definition) is 2. The molecule has 16 heavy (non-hydrogen) atoms. The van der Waals surface area contributed by atoms with Crippen LogP contribution < -0.4 is 11.1 Å². The third-order valence-corrected chi connectivity index (χ3v) is 3.47. The Morgan fingerprint density at radius 2 is 2.38 bits per heavy atom. The van der Waals surface area contributed by atoms with Crippen molar-refractivity contribution in [3.05, 3.63) is 46.4 Å². The molecular formula is C12H15N3S. The number of hydrogen-bond acceptors (Lipinski definition) is 4. The highest BCUT2D eigenvalue weighted by Crippen LogP contribution is 2.20. The molecule has 2 heterocycles. The number of rotatable bonds is 4. The smallest absolute Gasteiger partial charge is 0.0468 e. The van der Waals surface area contributed by atoms with Crippen molar-refractivity contribution in [3.63, 3.8) is 0 Å². The number of nitrogen functional groups attached to an aromatic ring is 1. The summed E-state index contributed by atoms with van der Waals surface area (Å²) in [5.41, 5.74) is 7.89. The van der Waals surface area contributed by atoms with Crippen LogP contribution in [0.2, 0.25) is 0 Å². The maximum atomic E-state index is 5.82. The average molecular weight is 233 g/mol. The lowest BCUT2D eigenvalue weighted by Crippen LogP contribution is -2.18. The molecule has 0 aliphatic heterocycles. The Labute approximate surface area is 99.3 Å². The third-order valence-electron chi connectivity index (χ3n) is 2.53. The van der Waals surface area contributed by atoms with Gasteiger partial charge >= 0.3 is 0 Å². The van der Waals surface area contributed by atoms with E-state index in [9.17, 15) is 0 Å². The molecule has 0 amide bonds. The molecule has 0 saturated heterocycles. The summed E-state index contributed by atoms with van der Waals surface area (Å²) in [4.78, 5) is 5.30. The van der Waals surface area contributed by atoms with Gasteiger partial charge in [0.25, 0.3) is 0 Å². The van der Waals surface area contributed by atoms with E-state index < -0.39 is 0 Å². The molecule has 0 saturated carbocycles. The molecule has 0 aromatic carbocycles. The molecule has 0 fully saturated rings. The molecule has 4 heteroatoms. The van der Waals surface area contributed by atoms with Crippen LogP contribution in [0.5, 0.6) is 0 Å². The average Bonchev–Trinajstić information content (AvgIpc) is 2.73. The molecule has 2 aromatic rings. The minimum atomic E-state index is 0.287. The number of thiophene rings is 1. The summed E-state index contributed by atoms with van der Waals surface area (Å²) in [6.07, 6.45) is 3.67. The van der Waals surface area contributed by atoms with Crippen LogP contribution in [-0.2, 0) is 6.54 Å². The van der Waals surface area contributed by atoms with Gasteiger partial charge in [-0.15, -0.1) is 11.3 Å². The third kappa shape index (κ3) is 2.59. The standard InChI is InChI=1S/C12H15N3S/c1-9(10-3-2-5-14-7-10)15-8-12-11(13)4-6-16-12/h2-7,9,15H,8,13H2,1H3/t9-/m0/s1. The molecule has 84 valence electrons. The normalized spacial score (nSPS) is 12.6. The predicted octanol–water partition coefficient (Wildman–Crippen LogP) is 2.58. The van der Waals surface area contributed by atoms with Crippen molar-refractivity contribution in [2.24, 2.45) is 0 Å². The van der Waals surface area contributed by atoms with Crippen LogP contribution in [0.15, 0.2) is 36.0 Å². The highest BCUT2D eigenvalue weighted by Gasteiger charge is 2.06. The second-order valence-electron chi connectivity index (χ2n) is 3.69. The lowest BCUT2D eigenvalue weighted by atomic mass is 10.1. The number of nitrogens with one attached hydrogen (secondary N) is 1. The molecule has 2 rings (SSSR count). The minimum Gasteiger partial charge on any atom is -0.398 e. The van der Waals surface area contributed by atoms with Crippen LogP contribution in [-0.4, -0.2) is 4.98 Å². The van der Waals surface area contributed by atoms with E-state index in [1.54, 1.807) is 17.5 Å². The SMILES string of the molecule is C[C@H](NCc1sccc1N)c1cccnc1. The maximum absolute atomic E-state index is 5.82. The van der Waals surface area contributed by atoms with Crippen LogP contribution in [0, 0.1) is 0 Å². The molecule has 0 bridgehead atoms. The van der Waals surface area contributed by atoms with Gasteiger partial charge in [0.2, 0.25) is 0 Å². The summed E-state index contributed by atoms with van der Waals surface area (Å²) in [7, 11) is 0. The molecule has 0 spiro atoms. The summed E-state index contributed by atoms with van der Waals surface area (Å²) in [5.74, 6) is 0. The van der Waals surface area contributed by atoms with E-state index >= 15 is 0 Å². The second kappa shape index (κ2) is 5.09. The van der Waals surface area contributed by atoms with Gasteiger partial charge in [0, 0.05) is 35.5 Å². The van der Waals surface area contributed by atoms with E-state index in [1.807, 2.05) is 23.7 Å². The van der Waals surface area contributed by atoms with E-state index in [0.29, 0.717) is 0 Å². The Morgan fingerprint density at radius 1 is 1.50 bits per heavy atom. The zero-order chi connectivity index (χ0) is 11.4. The van der Waals surface area contributed by atoms with Gasteiger partial charge in [-0.25, -0.2) is 0 Å². The van der Waals surface area contributed by atoms with Crippen molar-refractivity contribution in [3.8, 4) is 0 Å². The van der Waals surface area contributed by atoms with Crippen LogP contribution in [0.25, 0.3) is 0 Å². The van der Waals surface area contributed by atoms with Crippen molar-refractivity contribution in [2.45, 2.75) is 19.5 Å². The topological polar surface area (TPSA) is 50.9 Å². The van der Waals surface area contributed by atoms with E-state index in [-0.39, 0.29) is 6.04 Å². The van der Waals surface area contributed by atoms with Crippen LogP contribution in [0.3, 0.4) is 0 Å². The van der Waals surface area contributed by atoms with Crippen LogP contribution in [0.1, 0.15) is 23.4 Å². The number of nitrogens with zero attached hydrogens (tertiary/aromatic N) is 1. The van der Waals surface area contributed by atoms with Crippen LogP contribution >= 0.6 is 11.3 Å². The van der Waals surface area contributed by atoms with Gasteiger partial charge in [-0.05, 0) is 30.0 Å². The van der Waals surface area contributed by atoms with E-state index in [1.165, 1.54) is 10.4 Å². The lowest BCUT2D eigenvalue weighted by molar-refractivity contribution is 0.578. The molecule has 0 radical (unpaired) electrons. The first-order valence-corrected chi connectivity index (χ1v) is 6.10. The Kier molecular flexibility index (Phi) is 3.54. The summed E-state index contributed by atoms with van der Waals surface area (Å²) >= 11 is 1.68. The van der Waals surface area contributed by atoms with E-state index in [2.05, 4.69) is 23.3 Å². The van der Waals surface area contributed by atoms with E-state index in [0.717, 1.165) is 12.2 Å². The van der Waals surface area contributed by atoms with Gasteiger partial charge in [0.05, 0.1) is 0 Å².